The largest absolute Gasteiger partial charge is 0.332 e. The molecule has 8 heteroatoms. The first-order valence-electron chi connectivity index (χ1n) is 6.98. The summed E-state index contributed by atoms with van der Waals surface area (Å²) in [6.45, 7) is 2.44. The maximum absolute atomic E-state index is 12.5. The highest BCUT2D eigenvalue weighted by Crippen LogP contribution is 2.29. The lowest BCUT2D eigenvalue weighted by Gasteiger charge is -2.07. The molecule has 0 bridgehead atoms. The smallest absolute Gasteiger partial charge is 0.318 e. The molecule has 0 aliphatic carbocycles. The Bertz CT molecular complexity index is 1050. The van der Waals surface area contributed by atoms with E-state index >= 15 is 0 Å². The molecule has 0 unspecified atom stereocenters. The number of imidazole rings is 1. The Kier molecular flexibility index (Phi) is 3.82. The van der Waals surface area contributed by atoms with E-state index in [1.807, 2.05) is 6.92 Å². The van der Waals surface area contributed by atoms with Gasteiger partial charge in [0.25, 0.3) is 5.56 Å². The van der Waals surface area contributed by atoms with Gasteiger partial charge in [-0.2, -0.15) is 0 Å². The second-order valence-electron chi connectivity index (χ2n) is 5.19. The zero-order valence-electron chi connectivity index (χ0n) is 12.8. The second kappa shape index (κ2) is 5.54. The van der Waals surface area contributed by atoms with Crippen LogP contribution in [0.4, 0.5) is 0 Å². The maximum Gasteiger partial charge on any atom is 0.332 e. The molecular formula is C15H14Cl2N4O2. The summed E-state index contributed by atoms with van der Waals surface area (Å²) in [6, 6.07) is 5.15. The third-order valence-electron chi connectivity index (χ3n) is 3.84. The summed E-state index contributed by atoms with van der Waals surface area (Å²) < 4.78 is 4.22. The molecule has 0 saturated carbocycles. The van der Waals surface area contributed by atoms with E-state index in [0.29, 0.717) is 33.6 Å². The number of aryl methyl sites for hydroxylation is 2. The van der Waals surface area contributed by atoms with E-state index in [1.165, 1.54) is 11.6 Å². The van der Waals surface area contributed by atoms with Crippen molar-refractivity contribution in [1.82, 2.24) is 18.7 Å². The standard InChI is InChI=1S/C15H14Cl2N4O2/c1-4-21-11-13(19(2)15(23)20(3)14(11)22)18-12(21)8-5-6-9(16)10(17)7-8/h5-7H,4H2,1-3H3. The van der Waals surface area contributed by atoms with Crippen LogP contribution in [0.3, 0.4) is 0 Å². The Labute approximate surface area is 141 Å². The minimum Gasteiger partial charge on any atom is -0.318 e. The van der Waals surface area contributed by atoms with Crippen LogP contribution in [0.1, 0.15) is 6.92 Å². The van der Waals surface area contributed by atoms with Crippen molar-refractivity contribution >= 4 is 34.4 Å². The van der Waals surface area contributed by atoms with E-state index < -0.39 is 5.69 Å². The van der Waals surface area contributed by atoms with Gasteiger partial charge in [-0.25, -0.2) is 9.78 Å². The molecule has 3 rings (SSSR count). The quantitative estimate of drug-likeness (QED) is 0.711. The van der Waals surface area contributed by atoms with Crippen LogP contribution in [0.25, 0.3) is 22.6 Å². The van der Waals surface area contributed by atoms with Gasteiger partial charge in [0, 0.05) is 26.2 Å². The first-order valence-corrected chi connectivity index (χ1v) is 7.74. The van der Waals surface area contributed by atoms with Crippen molar-refractivity contribution < 1.29 is 0 Å². The summed E-state index contributed by atoms with van der Waals surface area (Å²) in [5.74, 6) is 0.569. The highest BCUT2D eigenvalue weighted by Gasteiger charge is 2.19. The topological polar surface area (TPSA) is 61.8 Å². The van der Waals surface area contributed by atoms with Crippen molar-refractivity contribution in [2.24, 2.45) is 14.1 Å². The van der Waals surface area contributed by atoms with Crippen LogP contribution in [0.2, 0.25) is 10.0 Å². The van der Waals surface area contributed by atoms with E-state index in [0.717, 1.165) is 10.1 Å². The molecule has 120 valence electrons. The lowest BCUT2D eigenvalue weighted by molar-refractivity contribution is 0.700. The predicted octanol–water partition coefficient (Wildman–Crippen LogP) is 2.43. The fourth-order valence-electron chi connectivity index (χ4n) is 2.61. The number of benzene rings is 1. The van der Waals surface area contributed by atoms with Gasteiger partial charge in [-0.3, -0.25) is 13.9 Å². The zero-order chi connectivity index (χ0) is 16.9. The molecule has 23 heavy (non-hydrogen) atoms. The van der Waals surface area contributed by atoms with Crippen molar-refractivity contribution in [3.05, 3.63) is 49.1 Å². The van der Waals surface area contributed by atoms with E-state index in [4.69, 9.17) is 23.2 Å². The molecule has 2 heterocycles. The van der Waals surface area contributed by atoms with Crippen molar-refractivity contribution in [3.8, 4) is 11.4 Å². The van der Waals surface area contributed by atoms with Gasteiger partial charge in [0.15, 0.2) is 11.2 Å². The second-order valence-corrected chi connectivity index (χ2v) is 6.00. The molecule has 3 aromatic rings. The minimum atomic E-state index is -0.413. The minimum absolute atomic E-state index is 0.348. The van der Waals surface area contributed by atoms with Gasteiger partial charge in [0.1, 0.15) is 5.82 Å². The van der Waals surface area contributed by atoms with E-state index in [1.54, 1.807) is 29.8 Å². The van der Waals surface area contributed by atoms with Crippen LogP contribution in [0, 0.1) is 0 Å². The van der Waals surface area contributed by atoms with Gasteiger partial charge in [-0.05, 0) is 25.1 Å². The number of hydrogen-bond donors (Lipinski definition) is 0. The fraction of sp³-hybridized carbons (Fsp3) is 0.267. The van der Waals surface area contributed by atoms with Crippen LogP contribution in [0.15, 0.2) is 27.8 Å². The number of hydrogen-bond acceptors (Lipinski definition) is 3. The maximum atomic E-state index is 12.5. The molecule has 2 aromatic heterocycles. The van der Waals surface area contributed by atoms with Crippen LogP contribution in [-0.4, -0.2) is 18.7 Å². The molecular weight excluding hydrogens is 339 g/mol. The summed E-state index contributed by atoms with van der Waals surface area (Å²) in [7, 11) is 3.05. The number of rotatable bonds is 2. The Morgan fingerprint density at radius 2 is 1.78 bits per heavy atom. The van der Waals surface area contributed by atoms with Gasteiger partial charge in [-0.1, -0.05) is 23.2 Å². The first kappa shape index (κ1) is 15.8. The van der Waals surface area contributed by atoms with Gasteiger partial charge >= 0.3 is 5.69 Å². The molecule has 0 saturated heterocycles. The molecule has 0 aliphatic heterocycles. The van der Waals surface area contributed by atoms with Crippen molar-refractivity contribution in [3.63, 3.8) is 0 Å². The lowest BCUT2D eigenvalue weighted by atomic mass is 10.2. The lowest BCUT2D eigenvalue weighted by Crippen LogP contribution is -2.37. The zero-order valence-corrected chi connectivity index (χ0v) is 14.3. The van der Waals surface area contributed by atoms with Crippen molar-refractivity contribution in [2.45, 2.75) is 13.5 Å². The molecule has 0 amide bonds. The van der Waals surface area contributed by atoms with Gasteiger partial charge < -0.3 is 4.57 Å². The SMILES string of the molecule is CCn1c(-c2ccc(Cl)c(Cl)c2)nc2c1c(=O)n(C)c(=O)n2C. The summed E-state index contributed by atoms with van der Waals surface area (Å²) in [4.78, 5) is 29.1. The third kappa shape index (κ3) is 2.29. The monoisotopic (exact) mass is 352 g/mol. The van der Waals surface area contributed by atoms with Crippen LogP contribution >= 0.6 is 23.2 Å². The van der Waals surface area contributed by atoms with Gasteiger partial charge in [0.2, 0.25) is 0 Å². The Hall–Kier alpha value is -2.05. The van der Waals surface area contributed by atoms with E-state index in [-0.39, 0.29) is 5.56 Å². The van der Waals surface area contributed by atoms with E-state index in [9.17, 15) is 9.59 Å². The number of aromatic nitrogens is 4. The normalized spacial score (nSPS) is 11.3. The molecule has 0 atom stereocenters. The highest BCUT2D eigenvalue weighted by atomic mass is 35.5. The Balaban J connectivity index is 2.46. The summed E-state index contributed by atoms with van der Waals surface area (Å²) >= 11 is 12.0. The number of halogens is 2. The van der Waals surface area contributed by atoms with Crippen LogP contribution < -0.4 is 11.2 Å². The molecule has 1 aromatic carbocycles. The van der Waals surface area contributed by atoms with E-state index in [2.05, 4.69) is 4.98 Å². The number of fused-ring (bicyclic) bond motifs is 1. The van der Waals surface area contributed by atoms with Crippen LogP contribution in [-0.2, 0) is 20.6 Å². The average Bonchev–Trinajstić information content (AvgIpc) is 2.93. The molecule has 0 aliphatic rings. The Morgan fingerprint density at radius 3 is 2.39 bits per heavy atom. The highest BCUT2D eigenvalue weighted by molar-refractivity contribution is 6.42. The third-order valence-corrected chi connectivity index (χ3v) is 4.58. The summed E-state index contributed by atoms with van der Waals surface area (Å²) in [5, 5.41) is 0.846. The van der Waals surface area contributed by atoms with Gasteiger partial charge in [0.05, 0.1) is 10.0 Å². The summed E-state index contributed by atoms with van der Waals surface area (Å²) in [5.41, 5.74) is 0.679. The fourth-order valence-corrected chi connectivity index (χ4v) is 2.91. The molecule has 0 spiro atoms. The molecule has 0 fully saturated rings. The molecule has 0 N–H and O–H groups in total. The van der Waals surface area contributed by atoms with Crippen molar-refractivity contribution in [2.75, 3.05) is 0 Å². The first-order chi connectivity index (χ1) is 10.9. The predicted molar refractivity (Wildman–Crippen MR) is 91.3 cm³/mol. The number of nitrogens with zero attached hydrogens (tertiary/aromatic N) is 4. The van der Waals surface area contributed by atoms with Crippen LogP contribution in [0.5, 0.6) is 0 Å². The average molecular weight is 353 g/mol. The Morgan fingerprint density at radius 1 is 1.09 bits per heavy atom. The van der Waals surface area contributed by atoms with Gasteiger partial charge in [-0.15, -0.1) is 0 Å². The molecule has 6 nitrogen and oxygen atoms in total. The molecule has 0 radical (unpaired) electrons. The summed E-state index contributed by atoms with van der Waals surface area (Å²) in [6.07, 6.45) is 0. The van der Waals surface area contributed by atoms with Crippen molar-refractivity contribution in [1.29, 1.82) is 0 Å².